The Bertz CT molecular complexity index is 3770. The van der Waals surface area contributed by atoms with Crippen molar-refractivity contribution in [2.24, 2.45) is 5.92 Å². The van der Waals surface area contributed by atoms with E-state index in [1.54, 1.807) is 60.7 Å². The largest absolute Gasteiger partial charge is 0.488 e. The van der Waals surface area contributed by atoms with Crippen molar-refractivity contribution in [3.63, 3.8) is 0 Å². The predicted octanol–water partition coefficient (Wildman–Crippen LogP) is 13.1. The molecule has 0 saturated heterocycles. The van der Waals surface area contributed by atoms with Gasteiger partial charge in [-0.15, -0.1) is 0 Å². The van der Waals surface area contributed by atoms with Gasteiger partial charge in [-0.05, 0) is 160 Å². The van der Waals surface area contributed by atoms with Gasteiger partial charge in [0.2, 0.25) is 0 Å². The van der Waals surface area contributed by atoms with Gasteiger partial charge in [0.1, 0.15) is 63.6 Å². The Labute approximate surface area is 459 Å². The number of furan rings is 2. The summed E-state index contributed by atoms with van der Waals surface area (Å²) in [6.45, 7) is 5.61. The third-order valence-electron chi connectivity index (χ3n) is 13.0. The molecule has 0 fully saturated rings. The Balaban J connectivity index is 0.966. The number of aromatic nitrogens is 1. The lowest BCUT2D eigenvalue weighted by molar-refractivity contribution is 0.0820. The average Bonchev–Trinajstić information content (AvgIpc) is 4.29. The first kappa shape index (κ1) is 55.0. The maximum absolute atomic E-state index is 13.9. The molecule has 1 unspecified atom stereocenters. The molecule has 0 aliphatic carbocycles. The fourth-order valence-corrected chi connectivity index (χ4v) is 9.46. The Hall–Kier alpha value is -8.77. The maximum Gasteiger partial charge on any atom is 0.272 e. The van der Waals surface area contributed by atoms with Gasteiger partial charge in [-0.2, -0.15) is 0 Å². The SMILES string of the molecule is CNC(=O)c1c(-c2ccc(F)cc2)oc2ccc(-c3cc(C(=O)NCC(C)C)ccc3OCc3cc(Br)nc(C(C)CNC(=O)c4ccc(OCC(F)F)c(-c5ccc6oc(-c7ccc(F)cc7)c(C(=O)NC)c6c5)c4)c3)cc12. The zero-order valence-corrected chi connectivity index (χ0v) is 45.0. The lowest BCUT2D eigenvalue weighted by atomic mass is 9.98. The number of carbonyl (C=O) groups is 4. The number of ether oxygens (including phenoxy) is 2. The summed E-state index contributed by atoms with van der Waals surface area (Å²) < 4.78 is 79.7. The molecular weight excluding hydrogens is 1090 g/mol. The van der Waals surface area contributed by atoms with E-state index in [1.165, 1.54) is 80.8 Å². The van der Waals surface area contributed by atoms with E-state index in [-0.39, 0.29) is 64.9 Å². The second-order valence-electron chi connectivity index (χ2n) is 19.1. The first-order chi connectivity index (χ1) is 38.0. The van der Waals surface area contributed by atoms with E-state index in [1.807, 2.05) is 26.8 Å². The van der Waals surface area contributed by atoms with Crippen LogP contribution in [0.2, 0.25) is 0 Å². The minimum Gasteiger partial charge on any atom is -0.488 e. The van der Waals surface area contributed by atoms with E-state index in [2.05, 4.69) is 37.2 Å². The molecule has 13 nitrogen and oxygen atoms in total. The number of carbonyl (C=O) groups excluding carboxylic acids is 4. The molecule has 3 aromatic heterocycles. The van der Waals surface area contributed by atoms with Gasteiger partial charge in [-0.25, -0.2) is 22.5 Å². The minimum absolute atomic E-state index is 0.0524. The van der Waals surface area contributed by atoms with Crippen molar-refractivity contribution in [2.45, 2.75) is 39.7 Å². The summed E-state index contributed by atoms with van der Waals surface area (Å²) in [6.07, 6.45) is -2.79. The van der Waals surface area contributed by atoms with Crippen LogP contribution in [0.15, 0.2) is 147 Å². The number of benzene rings is 6. The zero-order valence-electron chi connectivity index (χ0n) is 43.4. The number of amides is 4. The first-order valence-corrected chi connectivity index (χ1v) is 25.9. The van der Waals surface area contributed by atoms with Gasteiger partial charge in [-0.1, -0.05) is 32.9 Å². The Morgan fingerprint density at radius 2 is 1.04 bits per heavy atom. The van der Waals surface area contributed by atoms with E-state index < -0.39 is 42.4 Å². The molecule has 0 spiro atoms. The van der Waals surface area contributed by atoms with Crippen molar-refractivity contribution in [1.82, 2.24) is 26.3 Å². The summed E-state index contributed by atoms with van der Waals surface area (Å²) in [7, 11) is 2.97. The number of fused-ring (bicyclic) bond motifs is 2. The van der Waals surface area contributed by atoms with Crippen LogP contribution in [0.3, 0.4) is 0 Å². The fourth-order valence-electron chi connectivity index (χ4n) is 8.96. The molecular formula is C61H52BrF4N5O8. The molecule has 6 aromatic carbocycles. The van der Waals surface area contributed by atoms with Crippen LogP contribution < -0.4 is 30.7 Å². The molecule has 9 aromatic rings. The summed E-state index contributed by atoms with van der Waals surface area (Å²) in [6, 6.07) is 34.6. The summed E-state index contributed by atoms with van der Waals surface area (Å²) in [4.78, 5) is 58.8. The van der Waals surface area contributed by atoms with Crippen molar-refractivity contribution in [3.05, 3.63) is 183 Å². The van der Waals surface area contributed by atoms with E-state index >= 15 is 0 Å². The van der Waals surface area contributed by atoms with Crippen LogP contribution in [0.1, 0.15) is 79.4 Å². The number of halogens is 5. The van der Waals surface area contributed by atoms with Gasteiger partial charge in [0.05, 0.1) is 11.1 Å². The summed E-state index contributed by atoms with van der Waals surface area (Å²) in [5.41, 5.74) is 5.95. The Morgan fingerprint density at radius 3 is 1.51 bits per heavy atom. The Morgan fingerprint density at radius 1 is 0.570 bits per heavy atom. The molecule has 4 N–H and O–H groups in total. The number of rotatable bonds is 19. The summed E-state index contributed by atoms with van der Waals surface area (Å²) in [5, 5.41) is 12.1. The maximum atomic E-state index is 13.9. The van der Waals surface area contributed by atoms with Crippen molar-refractivity contribution < 1.29 is 55.0 Å². The van der Waals surface area contributed by atoms with Crippen LogP contribution in [-0.2, 0) is 6.61 Å². The van der Waals surface area contributed by atoms with Gasteiger partial charge in [-0.3, -0.25) is 19.2 Å². The van der Waals surface area contributed by atoms with Gasteiger partial charge >= 0.3 is 0 Å². The summed E-state index contributed by atoms with van der Waals surface area (Å²) in [5.74, 6) is -1.72. The topological polar surface area (TPSA) is 174 Å². The van der Waals surface area contributed by atoms with Gasteiger partial charge < -0.3 is 39.6 Å². The number of nitrogens with zero attached hydrogens (tertiary/aromatic N) is 1. The van der Waals surface area contributed by atoms with Gasteiger partial charge in [0, 0.05) is 82.9 Å². The minimum atomic E-state index is -2.79. The van der Waals surface area contributed by atoms with Crippen LogP contribution in [-0.4, -0.2) is 68.8 Å². The lowest BCUT2D eigenvalue weighted by Gasteiger charge is -2.17. The quantitative estimate of drug-likeness (QED) is 0.0454. The van der Waals surface area contributed by atoms with E-state index in [4.69, 9.17) is 23.3 Å². The van der Waals surface area contributed by atoms with E-state index in [9.17, 15) is 36.7 Å². The highest BCUT2D eigenvalue weighted by Gasteiger charge is 2.26. The smallest absolute Gasteiger partial charge is 0.272 e. The number of pyridine rings is 1. The first-order valence-electron chi connectivity index (χ1n) is 25.1. The van der Waals surface area contributed by atoms with Crippen LogP contribution in [0.25, 0.3) is 66.8 Å². The van der Waals surface area contributed by atoms with Crippen molar-refractivity contribution in [3.8, 4) is 56.4 Å². The van der Waals surface area contributed by atoms with E-state index in [0.29, 0.717) is 83.5 Å². The van der Waals surface area contributed by atoms with Gasteiger partial charge in [0.15, 0.2) is 0 Å². The van der Waals surface area contributed by atoms with Crippen LogP contribution in [0, 0.1) is 17.6 Å². The highest BCUT2D eigenvalue weighted by atomic mass is 79.9. The zero-order chi connectivity index (χ0) is 56.1. The number of hydrogen-bond acceptors (Lipinski definition) is 9. The highest BCUT2D eigenvalue weighted by Crippen LogP contribution is 2.41. The molecule has 0 aliphatic rings. The normalized spacial score (nSPS) is 11.7. The number of hydrogen-bond donors (Lipinski definition) is 4. The van der Waals surface area contributed by atoms with E-state index in [0.717, 1.165) is 5.56 Å². The molecule has 0 bridgehead atoms. The molecule has 0 saturated carbocycles. The standard InChI is InChI=1S/C61H52BrF4N5O8/c1-32(2)28-69-58(72)39-12-18-48(43(26-39)37-10-20-50-45(24-37)54(60(74)67-4)56(78-50)35-6-14-41(63)15-7-35)76-30-34-22-47(71-52(62)23-34)33(3)29-70-59(73)40-13-19-49(77-31-53(65)66)44(27-40)38-11-21-51-46(25-38)55(61(75)68-5)57(79-51)36-8-16-42(64)17-9-36/h6-27,32-33,53H,28-31H2,1-5H3,(H,67,74)(H,68,75)(H,69,72)(H,70,73). The van der Waals surface area contributed by atoms with Crippen LogP contribution >= 0.6 is 15.9 Å². The third kappa shape index (κ3) is 12.3. The molecule has 18 heteroatoms. The molecule has 4 amide bonds. The highest BCUT2D eigenvalue weighted by molar-refractivity contribution is 9.10. The molecule has 9 rings (SSSR count). The molecule has 0 radical (unpaired) electrons. The third-order valence-corrected chi connectivity index (χ3v) is 13.4. The van der Waals surface area contributed by atoms with Crippen LogP contribution in [0.5, 0.6) is 11.5 Å². The van der Waals surface area contributed by atoms with Gasteiger partial charge in [0.25, 0.3) is 30.1 Å². The molecule has 1 atom stereocenters. The average molecular weight is 1140 g/mol. The van der Waals surface area contributed by atoms with Crippen molar-refractivity contribution in [1.29, 1.82) is 0 Å². The number of alkyl halides is 2. The predicted molar refractivity (Wildman–Crippen MR) is 297 cm³/mol. The molecule has 79 heavy (non-hydrogen) atoms. The lowest BCUT2D eigenvalue weighted by Crippen LogP contribution is -2.28. The molecule has 3 heterocycles. The summed E-state index contributed by atoms with van der Waals surface area (Å²) >= 11 is 3.54. The monoisotopic (exact) mass is 1140 g/mol. The van der Waals surface area contributed by atoms with Crippen LogP contribution in [0.4, 0.5) is 17.6 Å². The van der Waals surface area contributed by atoms with Crippen molar-refractivity contribution in [2.75, 3.05) is 33.8 Å². The van der Waals surface area contributed by atoms with Crippen molar-refractivity contribution >= 4 is 61.5 Å². The fraction of sp³-hybridized carbons (Fsp3) is 0.197. The molecule has 404 valence electrons. The number of nitrogens with one attached hydrogen (secondary N) is 4. The molecule has 0 aliphatic heterocycles. The second kappa shape index (κ2) is 23.9. The second-order valence-corrected chi connectivity index (χ2v) is 19.9. The Kier molecular flexibility index (Phi) is 16.6.